The first-order chi connectivity index (χ1) is 8.01. The van der Waals surface area contributed by atoms with Gasteiger partial charge < -0.3 is 14.9 Å². The quantitative estimate of drug-likeness (QED) is 0.762. The Morgan fingerprint density at radius 3 is 2.41 bits per heavy atom. The lowest BCUT2D eigenvalue weighted by Gasteiger charge is -2.11. The molecule has 0 spiro atoms. The second-order valence-electron chi connectivity index (χ2n) is 3.31. The molecular formula is C12H12O5. The van der Waals surface area contributed by atoms with Crippen LogP contribution in [0.25, 0.3) is 0 Å². The van der Waals surface area contributed by atoms with Crippen molar-refractivity contribution >= 4 is 11.9 Å². The van der Waals surface area contributed by atoms with E-state index in [0.29, 0.717) is 12.0 Å². The minimum atomic E-state index is -1.20. The van der Waals surface area contributed by atoms with E-state index >= 15 is 0 Å². The van der Waals surface area contributed by atoms with Gasteiger partial charge in [-0.2, -0.15) is 0 Å². The summed E-state index contributed by atoms with van der Waals surface area (Å²) < 4.78 is 5.01. The van der Waals surface area contributed by atoms with Crippen molar-refractivity contribution in [1.82, 2.24) is 0 Å². The van der Waals surface area contributed by atoms with Crippen LogP contribution >= 0.6 is 0 Å². The second kappa shape index (κ2) is 5.16. The van der Waals surface area contributed by atoms with Crippen molar-refractivity contribution in [2.45, 2.75) is 6.42 Å². The van der Waals surface area contributed by atoms with E-state index in [4.69, 9.17) is 14.9 Å². The van der Waals surface area contributed by atoms with Gasteiger partial charge in [-0.15, -0.1) is 6.58 Å². The van der Waals surface area contributed by atoms with Crippen LogP contribution in [0.5, 0.6) is 5.75 Å². The third-order valence-electron chi connectivity index (χ3n) is 2.25. The summed E-state index contributed by atoms with van der Waals surface area (Å²) in [6.45, 7) is 3.52. The zero-order chi connectivity index (χ0) is 13.0. The van der Waals surface area contributed by atoms with Crippen LogP contribution in [0, 0.1) is 0 Å². The fraction of sp³-hybridized carbons (Fsp3) is 0.167. The van der Waals surface area contributed by atoms with Crippen molar-refractivity contribution in [2.75, 3.05) is 7.11 Å². The molecule has 0 aliphatic heterocycles. The molecule has 90 valence electrons. The molecule has 0 aliphatic carbocycles. The SMILES string of the molecule is C=CCc1c(OC)cc(C(=O)O)cc1C(=O)O. The number of carboxylic acid groups (broad SMARTS) is 2. The minimum absolute atomic E-state index is 0.0818. The fourth-order valence-corrected chi connectivity index (χ4v) is 1.50. The van der Waals surface area contributed by atoms with E-state index in [1.807, 2.05) is 0 Å². The van der Waals surface area contributed by atoms with Gasteiger partial charge in [-0.3, -0.25) is 0 Å². The maximum absolute atomic E-state index is 11.1. The topological polar surface area (TPSA) is 83.8 Å². The van der Waals surface area contributed by atoms with Gasteiger partial charge in [0.15, 0.2) is 0 Å². The second-order valence-corrected chi connectivity index (χ2v) is 3.31. The maximum Gasteiger partial charge on any atom is 0.336 e. The summed E-state index contributed by atoms with van der Waals surface area (Å²) in [6, 6.07) is 2.42. The number of rotatable bonds is 5. The summed E-state index contributed by atoms with van der Waals surface area (Å²) >= 11 is 0. The van der Waals surface area contributed by atoms with Crippen LogP contribution in [0.3, 0.4) is 0 Å². The van der Waals surface area contributed by atoms with Crippen molar-refractivity contribution in [3.05, 3.63) is 41.5 Å². The highest BCUT2D eigenvalue weighted by molar-refractivity contribution is 5.96. The molecule has 0 saturated carbocycles. The average molecular weight is 236 g/mol. The maximum atomic E-state index is 11.1. The molecule has 0 amide bonds. The smallest absolute Gasteiger partial charge is 0.336 e. The number of allylic oxidation sites excluding steroid dienone is 1. The molecule has 0 bridgehead atoms. The van der Waals surface area contributed by atoms with Gasteiger partial charge in [0.2, 0.25) is 0 Å². The lowest BCUT2D eigenvalue weighted by atomic mass is 10.00. The predicted molar refractivity (Wildman–Crippen MR) is 60.8 cm³/mol. The lowest BCUT2D eigenvalue weighted by Crippen LogP contribution is -2.08. The number of benzene rings is 1. The average Bonchev–Trinajstić information content (AvgIpc) is 2.28. The van der Waals surface area contributed by atoms with Crippen LogP contribution in [-0.4, -0.2) is 29.3 Å². The molecule has 17 heavy (non-hydrogen) atoms. The number of hydrogen-bond acceptors (Lipinski definition) is 3. The highest BCUT2D eigenvalue weighted by Crippen LogP contribution is 2.26. The molecule has 0 aromatic heterocycles. The summed E-state index contributed by atoms with van der Waals surface area (Å²) in [4.78, 5) is 21.9. The molecule has 5 nitrogen and oxygen atoms in total. The lowest BCUT2D eigenvalue weighted by molar-refractivity contribution is 0.0695. The monoisotopic (exact) mass is 236 g/mol. The van der Waals surface area contributed by atoms with Gasteiger partial charge in [-0.1, -0.05) is 6.08 Å². The number of methoxy groups -OCH3 is 1. The Morgan fingerprint density at radius 1 is 1.35 bits per heavy atom. The molecule has 0 unspecified atom stereocenters. The van der Waals surface area contributed by atoms with Crippen LogP contribution in [-0.2, 0) is 6.42 Å². The first kappa shape index (κ1) is 12.8. The zero-order valence-corrected chi connectivity index (χ0v) is 9.27. The molecule has 0 heterocycles. The van der Waals surface area contributed by atoms with Gasteiger partial charge in [-0.25, -0.2) is 9.59 Å². The molecule has 0 saturated heterocycles. The molecule has 5 heteroatoms. The van der Waals surface area contributed by atoms with Crippen LogP contribution in [0.4, 0.5) is 0 Å². The summed E-state index contributed by atoms with van der Waals surface area (Å²) in [5.74, 6) is -2.15. The number of ether oxygens (including phenoxy) is 1. The molecule has 0 atom stereocenters. The van der Waals surface area contributed by atoms with Crippen molar-refractivity contribution in [3.63, 3.8) is 0 Å². The van der Waals surface area contributed by atoms with Crippen LogP contribution in [0.1, 0.15) is 26.3 Å². The largest absolute Gasteiger partial charge is 0.496 e. The van der Waals surface area contributed by atoms with Gasteiger partial charge in [0.1, 0.15) is 5.75 Å². The van der Waals surface area contributed by atoms with Crippen molar-refractivity contribution in [3.8, 4) is 5.75 Å². The van der Waals surface area contributed by atoms with Gasteiger partial charge in [0.25, 0.3) is 0 Å². The molecule has 0 fully saturated rings. The Balaban J connectivity index is 3.50. The van der Waals surface area contributed by atoms with E-state index in [-0.39, 0.29) is 16.9 Å². The Morgan fingerprint density at radius 2 is 2.00 bits per heavy atom. The Hall–Kier alpha value is -2.30. The Labute approximate surface area is 98.0 Å². The summed E-state index contributed by atoms with van der Waals surface area (Å²) in [5.41, 5.74) is 0.216. The van der Waals surface area contributed by atoms with E-state index < -0.39 is 11.9 Å². The third-order valence-corrected chi connectivity index (χ3v) is 2.25. The number of carboxylic acids is 2. The first-order valence-corrected chi connectivity index (χ1v) is 4.79. The highest BCUT2D eigenvalue weighted by Gasteiger charge is 2.18. The van der Waals surface area contributed by atoms with E-state index in [0.717, 1.165) is 6.07 Å². The van der Waals surface area contributed by atoms with Gasteiger partial charge in [0.05, 0.1) is 18.2 Å². The number of aromatic carboxylic acids is 2. The Kier molecular flexibility index (Phi) is 3.87. The van der Waals surface area contributed by atoms with E-state index in [2.05, 4.69) is 6.58 Å². The fourth-order valence-electron chi connectivity index (χ4n) is 1.50. The van der Waals surface area contributed by atoms with Crippen LogP contribution in [0.15, 0.2) is 24.8 Å². The van der Waals surface area contributed by atoms with Gasteiger partial charge in [0, 0.05) is 5.56 Å². The highest BCUT2D eigenvalue weighted by atomic mass is 16.5. The predicted octanol–water partition coefficient (Wildman–Crippen LogP) is 1.82. The van der Waals surface area contributed by atoms with Crippen LogP contribution < -0.4 is 4.74 Å². The number of carbonyl (C=O) groups is 2. The molecule has 1 aromatic rings. The molecule has 1 aromatic carbocycles. The molecule has 0 aliphatic rings. The van der Waals surface area contributed by atoms with Crippen molar-refractivity contribution in [1.29, 1.82) is 0 Å². The minimum Gasteiger partial charge on any atom is -0.496 e. The summed E-state index contributed by atoms with van der Waals surface area (Å²) in [6.07, 6.45) is 1.83. The zero-order valence-electron chi connectivity index (χ0n) is 9.27. The van der Waals surface area contributed by atoms with Crippen molar-refractivity contribution < 1.29 is 24.5 Å². The molecule has 0 radical (unpaired) electrons. The van der Waals surface area contributed by atoms with Crippen LogP contribution in [0.2, 0.25) is 0 Å². The number of hydrogen-bond donors (Lipinski definition) is 2. The van der Waals surface area contributed by atoms with Crippen molar-refractivity contribution in [2.24, 2.45) is 0 Å². The van der Waals surface area contributed by atoms with Gasteiger partial charge in [-0.05, 0) is 18.6 Å². The normalized spacial score (nSPS) is 9.71. The Bertz CT molecular complexity index is 476. The standard InChI is InChI=1S/C12H12O5/c1-3-4-8-9(12(15)16)5-7(11(13)14)6-10(8)17-2/h3,5-6H,1,4H2,2H3,(H,13,14)(H,15,16). The summed E-state index contributed by atoms with van der Waals surface area (Å²) in [7, 11) is 1.36. The van der Waals surface area contributed by atoms with E-state index in [1.165, 1.54) is 19.3 Å². The first-order valence-electron chi connectivity index (χ1n) is 4.79. The summed E-state index contributed by atoms with van der Waals surface area (Å²) in [5, 5.41) is 17.9. The molecule has 2 N–H and O–H groups in total. The van der Waals surface area contributed by atoms with Gasteiger partial charge >= 0.3 is 11.9 Å². The third kappa shape index (κ3) is 2.63. The van der Waals surface area contributed by atoms with E-state index in [9.17, 15) is 9.59 Å². The molecular weight excluding hydrogens is 224 g/mol. The van der Waals surface area contributed by atoms with E-state index in [1.54, 1.807) is 0 Å². The molecule has 1 rings (SSSR count).